The molecule has 3 rings (SSSR count). The maximum absolute atomic E-state index is 13.3. The predicted octanol–water partition coefficient (Wildman–Crippen LogP) is 17.0. The van der Waals surface area contributed by atoms with Gasteiger partial charge in [-0.05, 0) is 72.6 Å². The molecule has 3 nitrogen and oxygen atoms in total. The summed E-state index contributed by atoms with van der Waals surface area (Å²) >= 11 is 0. The van der Waals surface area contributed by atoms with Gasteiger partial charge in [-0.3, -0.25) is 0 Å². The van der Waals surface area contributed by atoms with E-state index in [0.717, 1.165) is 24.8 Å². The molecule has 0 saturated heterocycles. The van der Waals surface area contributed by atoms with Crippen LogP contribution in [0.4, 0.5) is 0 Å². The lowest BCUT2D eigenvalue weighted by Crippen LogP contribution is -2.17. The van der Waals surface area contributed by atoms with Crippen molar-refractivity contribution in [1.82, 2.24) is 0 Å². The first kappa shape index (κ1) is 46.3. The molecule has 0 heterocycles. The fourth-order valence-corrected chi connectivity index (χ4v) is 7.85. The van der Waals surface area contributed by atoms with Gasteiger partial charge in [0, 0.05) is 0 Å². The van der Waals surface area contributed by atoms with Crippen LogP contribution in [0.2, 0.25) is 0 Å². The number of rotatable bonds is 33. The van der Waals surface area contributed by atoms with E-state index in [-0.39, 0.29) is 12.1 Å². The summed E-state index contributed by atoms with van der Waals surface area (Å²) in [6.45, 7) is 9.14. The molecule has 0 fully saturated rings. The van der Waals surface area contributed by atoms with Gasteiger partial charge in [-0.25, -0.2) is 4.79 Å². The second kappa shape index (κ2) is 30.1. The highest BCUT2D eigenvalue weighted by atomic mass is 16.6. The summed E-state index contributed by atoms with van der Waals surface area (Å²) in [5, 5.41) is 0. The molecule has 0 aliphatic heterocycles. The first-order chi connectivity index (χ1) is 27.0. The third-order valence-corrected chi connectivity index (χ3v) is 11.5. The average molecular weight is 753 g/mol. The van der Waals surface area contributed by atoms with Crippen LogP contribution < -0.4 is 9.47 Å². The van der Waals surface area contributed by atoms with Crippen LogP contribution in [0.1, 0.15) is 223 Å². The largest absolute Gasteiger partial charge is 0.487 e. The van der Waals surface area contributed by atoms with Crippen molar-refractivity contribution in [1.29, 1.82) is 0 Å². The summed E-state index contributed by atoms with van der Waals surface area (Å²) in [5.41, 5.74) is 4.22. The topological polar surface area (TPSA) is 35.5 Å². The van der Waals surface area contributed by atoms with E-state index in [1.807, 2.05) is 48.5 Å². The zero-order valence-electron chi connectivity index (χ0n) is 35.9. The molecule has 2 unspecified atom stereocenters. The summed E-state index contributed by atoms with van der Waals surface area (Å²) < 4.78 is 12.4. The van der Waals surface area contributed by atoms with Crippen LogP contribution in [0, 0.1) is 0 Å². The number of carbonyl (C=O) groups excluding carboxylic acids is 1. The number of benzene rings is 3. The lowest BCUT2D eigenvalue weighted by atomic mass is 9.93. The average Bonchev–Trinajstić information content (AvgIpc) is 3.21. The highest BCUT2D eigenvalue weighted by molar-refractivity contribution is 5.92. The first-order valence-electron chi connectivity index (χ1n) is 23.2. The highest BCUT2D eigenvalue weighted by Crippen LogP contribution is 2.31. The SMILES string of the molecule is CCCCCCCCCCCCCCCCC(C)c1ccc(-c2ccc(C(=O)Oc3ccccc3OC(CCC)CCCCCCCCCCC)cc2)cc1. The minimum atomic E-state index is -0.360. The Kier molecular flexibility index (Phi) is 25.4. The minimum absolute atomic E-state index is 0.132. The molecule has 2 atom stereocenters. The molecule has 0 spiro atoms. The number of ether oxygens (including phenoxy) is 2. The Morgan fingerprint density at radius 2 is 0.873 bits per heavy atom. The smallest absolute Gasteiger partial charge is 0.343 e. The van der Waals surface area contributed by atoms with E-state index in [0.29, 0.717) is 23.0 Å². The number of para-hydroxylation sites is 2. The summed E-state index contributed by atoms with van der Waals surface area (Å²) in [6.07, 6.45) is 36.0. The van der Waals surface area contributed by atoms with Gasteiger partial charge < -0.3 is 9.47 Å². The van der Waals surface area contributed by atoms with Crippen molar-refractivity contribution >= 4 is 5.97 Å². The summed E-state index contributed by atoms with van der Waals surface area (Å²) in [4.78, 5) is 13.3. The molecule has 0 N–H and O–H groups in total. The van der Waals surface area contributed by atoms with Crippen molar-refractivity contribution in [3.63, 3.8) is 0 Å². The van der Waals surface area contributed by atoms with E-state index in [9.17, 15) is 4.79 Å². The van der Waals surface area contributed by atoms with Crippen LogP contribution in [0.25, 0.3) is 11.1 Å². The summed E-state index contributed by atoms with van der Waals surface area (Å²) in [6, 6.07) is 24.4. The van der Waals surface area contributed by atoms with Crippen molar-refractivity contribution in [2.45, 2.75) is 213 Å². The molecule has 0 bridgehead atoms. The molecule has 0 amide bonds. The fourth-order valence-electron chi connectivity index (χ4n) is 7.85. The van der Waals surface area contributed by atoms with E-state index in [1.54, 1.807) is 0 Å². The second-order valence-corrected chi connectivity index (χ2v) is 16.5. The maximum Gasteiger partial charge on any atom is 0.343 e. The number of carbonyl (C=O) groups is 1. The number of hydrogen-bond acceptors (Lipinski definition) is 3. The Bertz CT molecular complexity index is 1360. The Hall–Kier alpha value is -3.07. The molecule has 0 aliphatic carbocycles. The fraction of sp³-hybridized carbons (Fsp3) is 0.635. The highest BCUT2D eigenvalue weighted by Gasteiger charge is 2.17. The number of hydrogen-bond donors (Lipinski definition) is 0. The van der Waals surface area contributed by atoms with E-state index < -0.39 is 0 Å². The van der Waals surface area contributed by atoms with E-state index in [4.69, 9.17) is 9.47 Å². The third-order valence-electron chi connectivity index (χ3n) is 11.5. The Morgan fingerprint density at radius 3 is 1.35 bits per heavy atom. The zero-order valence-corrected chi connectivity index (χ0v) is 35.9. The van der Waals surface area contributed by atoms with Gasteiger partial charge in [0.25, 0.3) is 0 Å². The molecule has 0 saturated carbocycles. The van der Waals surface area contributed by atoms with Crippen LogP contribution in [0.3, 0.4) is 0 Å². The Morgan fingerprint density at radius 1 is 0.455 bits per heavy atom. The van der Waals surface area contributed by atoms with Crippen LogP contribution in [0.5, 0.6) is 11.5 Å². The van der Waals surface area contributed by atoms with Crippen LogP contribution in [-0.2, 0) is 0 Å². The molecule has 0 aromatic heterocycles. The normalized spacial score (nSPS) is 12.4. The van der Waals surface area contributed by atoms with Crippen LogP contribution >= 0.6 is 0 Å². The van der Waals surface area contributed by atoms with Gasteiger partial charge in [-0.2, -0.15) is 0 Å². The molecule has 3 aromatic carbocycles. The minimum Gasteiger partial charge on any atom is -0.487 e. The third kappa shape index (κ3) is 20.1. The van der Waals surface area contributed by atoms with Crippen molar-refractivity contribution in [3.05, 3.63) is 83.9 Å². The van der Waals surface area contributed by atoms with Crippen molar-refractivity contribution in [2.75, 3.05) is 0 Å². The van der Waals surface area contributed by atoms with Crippen molar-refractivity contribution in [3.8, 4) is 22.6 Å². The van der Waals surface area contributed by atoms with Gasteiger partial charge in [0.15, 0.2) is 11.5 Å². The van der Waals surface area contributed by atoms with Crippen LogP contribution in [-0.4, -0.2) is 12.1 Å². The van der Waals surface area contributed by atoms with Gasteiger partial charge in [-0.1, -0.05) is 224 Å². The molecular weight excluding hydrogens is 673 g/mol. The Labute approximate surface area is 338 Å². The Balaban J connectivity index is 1.37. The summed E-state index contributed by atoms with van der Waals surface area (Å²) in [7, 11) is 0. The van der Waals surface area contributed by atoms with Gasteiger partial charge in [0.2, 0.25) is 0 Å². The number of esters is 1. The van der Waals surface area contributed by atoms with Gasteiger partial charge in [0.05, 0.1) is 11.7 Å². The van der Waals surface area contributed by atoms with Gasteiger partial charge in [0.1, 0.15) is 0 Å². The van der Waals surface area contributed by atoms with Crippen molar-refractivity contribution in [2.24, 2.45) is 0 Å². The monoisotopic (exact) mass is 753 g/mol. The lowest BCUT2D eigenvalue weighted by Gasteiger charge is -2.20. The second-order valence-electron chi connectivity index (χ2n) is 16.5. The lowest BCUT2D eigenvalue weighted by molar-refractivity contribution is 0.0721. The quantitative estimate of drug-likeness (QED) is 0.0353. The van der Waals surface area contributed by atoms with E-state index in [1.165, 1.54) is 165 Å². The molecule has 0 aliphatic rings. The maximum atomic E-state index is 13.3. The molecular formula is C52H80O3. The first-order valence-corrected chi connectivity index (χ1v) is 23.2. The van der Waals surface area contributed by atoms with Gasteiger partial charge in [-0.15, -0.1) is 0 Å². The predicted molar refractivity (Wildman–Crippen MR) is 238 cm³/mol. The standard InChI is InChI=1S/C52H80O3/c1-5-8-10-12-14-16-17-18-19-20-22-23-25-27-32-44(4)45-36-38-46(39-37-45)47-40-42-48(43-41-47)52(53)55-51-35-30-29-34-50(51)54-49(31-7-3)33-28-26-24-21-15-13-11-9-6-2/h29-30,34-44,49H,5-28,31-33H2,1-4H3. The molecule has 3 aromatic rings. The van der Waals surface area contributed by atoms with Gasteiger partial charge >= 0.3 is 5.97 Å². The van der Waals surface area contributed by atoms with Crippen LogP contribution in [0.15, 0.2) is 72.8 Å². The van der Waals surface area contributed by atoms with E-state index >= 15 is 0 Å². The molecule has 306 valence electrons. The van der Waals surface area contributed by atoms with Crippen molar-refractivity contribution < 1.29 is 14.3 Å². The molecule has 55 heavy (non-hydrogen) atoms. The molecule has 0 radical (unpaired) electrons. The number of unbranched alkanes of at least 4 members (excludes halogenated alkanes) is 21. The zero-order chi connectivity index (χ0) is 39.2. The van der Waals surface area contributed by atoms with E-state index in [2.05, 4.69) is 52.0 Å². The molecule has 3 heteroatoms. The summed E-state index contributed by atoms with van der Waals surface area (Å²) in [5.74, 6) is 1.35.